The van der Waals surface area contributed by atoms with Gasteiger partial charge in [0, 0.05) is 13.7 Å². The normalized spacial score (nSPS) is 13.1. The second-order valence-electron chi connectivity index (χ2n) is 5.17. The van der Waals surface area contributed by atoms with Crippen molar-refractivity contribution in [3.63, 3.8) is 0 Å². The van der Waals surface area contributed by atoms with Gasteiger partial charge in [-0.1, -0.05) is 20.8 Å². The van der Waals surface area contributed by atoms with Crippen LogP contribution in [0.25, 0.3) is 0 Å². The molecule has 0 saturated heterocycles. The Morgan fingerprint density at radius 1 is 0.850 bits per heavy atom. The topological polar surface area (TPSA) is 49.0 Å². The molecule has 0 rings (SSSR count). The fourth-order valence-corrected chi connectivity index (χ4v) is 1.59. The van der Waals surface area contributed by atoms with Crippen molar-refractivity contribution in [1.82, 2.24) is 5.32 Å². The predicted octanol–water partition coefficient (Wildman–Crippen LogP) is 1.71. The summed E-state index contributed by atoms with van der Waals surface area (Å²) in [6.07, 6.45) is 1.29. The Balaban J connectivity index is 3.29. The zero-order valence-electron chi connectivity index (χ0n) is 13.7. The van der Waals surface area contributed by atoms with Gasteiger partial charge in [-0.25, -0.2) is 0 Å². The van der Waals surface area contributed by atoms with E-state index >= 15 is 0 Å². The van der Waals surface area contributed by atoms with E-state index in [0.717, 1.165) is 19.5 Å². The standard InChI is InChI=1S/C15H33NO4/c1-5-15(13-16-12-14(2)3)20-11-10-19-9-8-18-7-6-17-4/h14-16H,5-13H2,1-4H3. The Labute approximate surface area is 124 Å². The fourth-order valence-electron chi connectivity index (χ4n) is 1.59. The van der Waals surface area contributed by atoms with Crippen LogP contribution in [0, 0.1) is 5.92 Å². The largest absolute Gasteiger partial charge is 0.382 e. The maximum absolute atomic E-state index is 5.77. The number of methoxy groups -OCH3 is 1. The van der Waals surface area contributed by atoms with Gasteiger partial charge >= 0.3 is 0 Å². The number of nitrogens with one attached hydrogen (secondary N) is 1. The molecule has 0 saturated carbocycles. The monoisotopic (exact) mass is 291 g/mol. The third kappa shape index (κ3) is 14.2. The molecule has 0 aliphatic carbocycles. The lowest BCUT2D eigenvalue weighted by atomic mass is 10.2. The molecular weight excluding hydrogens is 258 g/mol. The summed E-state index contributed by atoms with van der Waals surface area (Å²) < 4.78 is 21.4. The summed E-state index contributed by atoms with van der Waals surface area (Å²) in [4.78, 5) is 0. The summed E-state index contributed by atoms with van der Waals surface area (Å²) in [5.41, 5.74) is 0. The second-order valence-corrected chi connectivity index (χ2v) is 5.17. The molecule has 0 spiro atoms. The van der Waals surface area contributed by atoms with Crippen LogP contribution in [0.1, 0.15) is 27.2 Å². The highest BCUT2D eigenvalue weighted by Crippen LogP contribution is 1.97. The van der Waals surface area contributed by atoms with E-state index in [0.29, 0.717) is 45.6 Å². The molecule has 1 N–H and O–H groups in total. The van der Waals surface area contributed by atoms with E-state index in [9.17, 15) is 0 Å². The molecule has 0 bridgehead atoms. The quantitative estimate of drug-likeness (QED) is 0.465. The molecule has 1 unspecified atom stereocenters. The van der Waals surface area contributed by atoms with E-state index in [1.165, 1.54) is 0 Å². The Hall–Kier alpha value is -0.200. The average Bonchev–Trinajstić information content (AvgIpc) is 2.43. The van der Waals surface area contributed by atoms with E-state index in [4.69, 9.17) is 18.9 Å². The van der Waals surface area contributed by atoms with Crippen LogP contribution in [-0.2, 0) is 18.9 Å². The van der Waals surface area contributed by atoms with Crippen molar-refractivity contribution >= 4 is 0 Å². The Kier molecular flexibility index (Phi) is 15.0. The van der Waals surface area contributed by atoms with Crippen molar-refractivity contribution in [3.8, 4) is 0 Å². The molecule has 0 aromatic carbocycles. The average molecular weight is 291 g/mol. The highest BCUT2D eigenvalue weighted by atomic mass is 16.6. The first kappa shape index (κ1) is 19.8. The van der Waals surface area contributed by atoms with Crippen LogP contribution in [0.3, 0.4) is 0 Å². The lowest BCUT2D eigenvalue weighted by Crippen LogP contribution is -2.32. The van der Waals surface area contributed by atoms with Crippen molar-refractivity contribution in [2.45, 2.75) is 33.3 Å². The van der Waals surface area contributed by atoms with Crippen LogP contribution in [0.5, 0.6) is 0 Å². The molecule has 20 heavy (non-hydrogen) atoms. The van der Waals surface area contributed by atoms with Crippen LogP contribution >= 0.6 is 0 Å². The predicted molar refractivity (Wildman–Crippen MR) is 81.3 cm³/mol. The van der Waals surface area contributed by atoms with Crippen molar-refractivity contribution in [2.24, 2.45) is 5.92 Å². The van der Waals surface area contributed by atoms with Crippen LogP contribution in [-0.4, -0.2) is 65.9 Å². The lowest BCUT2D eigenvalue weighted by Gasteiger charge is -2.17. The van der Waals surface area contributed by atoms with E-state index < -0.39 is 0 Å². The molecule has 0 amide bonds. The molecule has 0 aliphatic rings. The zero-order valence-corrected chi connectivity index (χ0v) is 13.7. The third-order valence-electron chi connectivity index (χ3n) is 2.76. The van der Waals surface area contributed by atoms with Crippen LogP contribution in [0.4, 0.5) is 0 Å². The molecule has 0 aromatic rings. The van der Waals surface area contributed by atoms with Gasteiger partial charge in [-0.2, -0.15) is 0 Å². The first-order chi connectivity index (χ1) is 9.70. The molecule has 1 atom stereocenters. The van der Waals surface area contributed by atoms with Gasteiger partial charge in [0.25, 0.3) is 0 Å². The van der Waals surface area contributed by atoms with Crippen molar-refractivity contribution in [1.29, 1.82) is 0 Å². The van der Waals surface area contributed by atoms with Gasteiger partial charge in [0.2, 0.25) is 0 Å². The third-order valence-corrected chi connectivity index (χ3v) is 2.76. The van der Waals surface area contributed by atoms with Gasteiger partial charge in [-0.15, -0.1) is 0 Å². The molecule has 0 aliphatic heterocycles. The number of hydrogen-bond acceptors (Lipinski definition) is 5. The van der Waals surface area contributed by atoms with Gasteiger partial charge in [0.1, 0.15) is 0 Å². The Morgan fingerprint density at radius 3 is 2.00 bits per heavy atom. The van der Waals surface area contributed by atoms with Crippen molar-refractivity contribution < 1.29 is 18.9 Å². The summed E-state index contributed by atoms with van der Waals surface area (Å²) in [5.74, 6) is 0.675. The molecule has 0 aromatic heterocycles. The minimum absolute atomic E-state index is 0.273. The molecule has 122 valence electrons. The van der Waals surface area contributed by atoms with Gasteiger partial charge in [0.05, 0.1) is 45.7 Å². The summed E-state index contributed by atoms with van der Waals surface area (Å²) in [6.45, 7) is 12.2. The van der Waals surface area contributed by atoms with Crippen LogP contribution in [0.15, 0.2) is 0 Å². The molecule has 0 heterocycles. The van der Waals surface area contributed by atoms with Gasteiger partial charge in [0.15, 0.2) is 0 Å². The minimum Gasteiger partial charge on any atom is -0.382 e. The first-order valence-electron chi connectivity index (χ1n) is 7.67. The van der Waals surface area contributed by atoms with Gasteiger partial charge < -0.3 is 24.3 Å². The smallest absolute Gasteiger partial charge is 0.0704 e. The van der Waals surface area contributed by atoms with E-state index in [2.05, 4.69) is 26.1 Å². The number of ether oxygens (including phenoxy) is 4. The van der Waals surface area contributed by atoms with Crippen molar-refractivity contribution in [2.75, 3.05) is 59.8 Å². The highest BCUT2D eigenvalue weighted by Gasteiger charge is 2.06. The summed E-state index contributed by atoms with van der Waals surface area (Å²) >= 11 is 0. The SMILES string of the molecule is CCC(CNCC(C)C)OCCOCCOCCOC. The number of hydrogen-bond donors (Lipinski definition) is 1. The van der Waals surface area contributed by atoms with E-state index in [1.807, 2.05) is 0 Å². The van der Waals surface area contributed by atoms with E-state index in [1.54, 1.807) is 7.11 Å². The van der Waals surface area contributed by atoms with Crippen LogP contribution < -0.4 is 5.32 Å². The summed E-state index contributed by atoms with van der Waals surface area (Å²) in [7, 11) is 1.66. The zero-order chi connectivity index (χ0) is 15.1. The van der Waals surface area contributed by atoms with Crippen molar-refractivity contribution in [3.05, 3.63) is 0 Å². The fraction of sp³-hybridized carbons (Fsp3) is 1.00. The molecule has 0 radical (unpaired) electrons. The van der Waals surface area contributed by atoms with Crippen LogP contribution in [0.2, 0.25) is 0 Å². The van der Waals surface area contributed by atoms with Gasteiger partial charge in [-0.3, -0.25) is 0 Å². The number of rotatable bonds is 15. The molecule has 5 heteroatoms. The lowest BCUT2D eigenvalue weighted by molar-refractivity contribution is -0.0167. The summed E-state index contributed by atoms with van der Waals surface area (Å²) in [5, 5.41) is 3.42. The maximum atomic E-state index is 5.77. The van der Waals surface area contributed by atoms with E-state index in [-0.39, 0.29) is 6.10 Å². The molecule has 5 nitrogen and oxygen atoms in total. The van der Waals surface area contributed by atoms with Gasteiger partial charge in [-0.05, 0) is 18.9 Å². The highest BCUT2D eigenvalue weighted by molar-refractivity contribution is 4.60. The Bertz CT molecular complexity index is 191. The first-order valence-corrected chi connectivity index (χ1v) is 7.67. The summed E-state index contributed by atoms with van der Waals surface area (Å²) in [6, 6.07) is 0. The second kappa shape index (κ2) is 15.2. The minimum atomic E-state index is 0.273. The molecule has 0 fully saturated rings. The maximum Gasteiger partial charge on any atom is 0.0704 e. The molecular formula is C15H33NO4. The Morgan fingerprint density at radius 2 is 1.45 bits per heavy atom.